The molecule has 0 aliphatic rings. The third-order valence-corrected chi connectivity index (χ3v) is 4.67. The summed E-state index contributed by atoms with van der Waals surface area (Å²) in [4.78, 5) is 0. The van der Waals surface area contributed by atoms with Crippen LogP contribution in [0.1, 0.15) is 16.7 Å². The summed E-state index contributed by atoms with van der Waals surface area (Å²) < 4.78 is 5.81. The van der Waals surface area contributed by atoms with Gasteiger partial charge in [-0.1, -0.05) is 71.7 Å². The highest BCUT2D eigenvalue weighted by molar-refractivity contribution is 6.35. The van der Waals surface area contributed by atoms with Crippen LogP contribution in [0.25, 0.3) is 0 Å². The fourth-order valence-corrected chi connectivity index (χ4v) is 3.13. The number of hydrogen-bond acceptors (Lipinski definition) is 2. The molecular formula is C22H22Cl3NO. The predicted octanol–water partition coefficient (Wildman–Crippen LogP) is 6.33. The molecule has 0 aliphatic carbocycles. The fourth-order valence-electron chi connectivity index (χ4n) is 2.62. The zero-order valence-corrected chi connectivity index (χ0v) is 17.2. The molecule has 2 nitrogen and oxygen atoms in total. The van der Waals surface area contributed by atoms with Crippen LogP contribution in [0, 0.1) is 0 Å². The van der Waals surface area contributed by atoms with E-state index in [1.54, 1.807) is 6.07 Å². The first kappa shape index (κ1) is 21.6. The molecule has 0 amide bonds. The summed E-state index contributed by atoms with van der Waals surface area (Å²) in [5.41, 5.74) is 3.49. The number of hydrogen-bond donors (Lipinski definition) is 1. The quantitative estimate of drug-likeness (QED) is 0.428. The highest BCUT2D eigenvalue weighted by Crippen LogP contribution is 2.21. The zero-order valence-electron chi connectivity index (χ0n) is 14.8. The van der Waals surface area contributed by atoms with Crippen LogP contribution in [0.15, 0.2) is 72.8 Å². The molecule has 0 unspecified atom stereocenters. The van der Waals surface area contributed by atoms with Gasteiger partial charge in [-0.3, -0.25) is 0 Å². The molecule has 1 N–H and O–H groups in total. The van der Waals surface area contributed by atoms with Crippen molar-refractivity contribution < 1.29 is 4.74 Å². The third kappa shape index (κ3) is 7.08. The van der Waals surface area contributed by atoms with Crippen LogP contribution in [0.4, 0.5) is 0 Å². The SMILES string of the molecule is Cl.Clc1ccc(CCNCc2ccc(OCc3ccccc3)cc2)c(Cl)c1. The molecule has 0 heterocycles. The molecule has 5 heteroatoms. The van der Waals surface area contributed by atoms with Crippen molar-refractivity contribution in [1.82, 2.24) is 5.32 Å². The van der Waals surface area contributed by atoms with Crippen molar-refractivity contribution in [1.29, 1.82) is 0 Å². The lowest BCUT2D eigenvalue weighted by Crippen LogP contribution is -2.16. The second-order valence-electron chi connectivity index (χ2n) is 6.08. The van der Waals surface area contributed by atoms with Crippen LogP contribution in [-0.2, 0) is 19.6 Å². The van der Waals surface area contributed by atoms with E-state index in [2.05, 4.69) is 29.6 Å². The Morgan fingerprint density at radius 2 is 1.56 bits per heavy atom. The summed E-state index contributed by atoms with van der Waals surface area (Å²) in [5, 5.41) is 4.83. The summed E-state index contributed by atoms with van der Waals surface area (Å²) in [7, 11) is 0. The molecule has 27 heavy (non-hydrogen) atoms. The van der Waals surface area contributed by atoms with Crippen molar-refractivity contribution in [2.45, 2.75) is 19.6 Å². The summed E-state index contributed by atoms with van der Waals surface area (Å²) >= 11 is 12.1. The number of benzene rings is 3. The maximum absolute atomic E-state index is 6.19. The monoisotopic (exact) mass is 421 g/mol. The van der Waals surface area contributed by atoms with E-state index in [9.17, 15) is 0 Å². The summed E-state index contributed by atoms with van der Waals surface area (Å²) in [6.45, 7) is 2.25. The van der Waals surface area contributed by atoms with Gasteiger partial charge < -0.3 is 10.1 Å². The minimum absolute atomic E-state index is 0. The van der Waals surface area contributed by atoms with Crippen LogP contribution in [0.5, 0.6) is 5.75 Å². The standard InChI is InChI=1S/C22H21Cl2NO.ClH/c23-20-9-8-19(22(24)14-20)12-13-25-15-17-6-10-21(11-7-17)26-16-18-4-2-1-3-5-18;/h1-11,14,25H,12-13,15-16H2;1H. The lowest BCUT2D eigenvalue weighted by Gasteiger charge is -2.09. The smallest absolute Gasteiger partial charge is 0.119 e. The average molecular weight is 423 g/mol. The van der Waals surface area contributed by atoms with Crippen molar-refractivity contribution in [2.24, 2.45) is 0 Å². The molecule has 3 aromatic rings. The maximum Gasteiger partial charge on any atom is 0.119 e. The number of ether oxygens (including phenoxy) is 1. The van der Waals surface area contributed by atoms with Crippen molar-refractivity contribution in [2.75, 3.05) is 6.54 Å². The summed E-state index contributed by atoms with van der Waals surface area (Å²) in [5.74, 6) is 0.880. The summed E-state index contributed by atoms with van der Waals surface area (Å²) in [6, 6.07) is 24.0. The van der Waals surface area contributed by atoms with Gasteiger partial charge >= 0.3 is 0 Å². The molecule has 0 fully saturated rings. The highest BCUT2D eigenvalue weighted by atomic mass is 35.5. The predicted molar refractivity (Wildman–Crippen MR) is 116 cm³/mol. The van der Waals surface area contributed by atoms with Gasteiger partial charge in [0.15, 0.2) is 0 Å². The molecule has 0 aromatic heterocycles. The third-order valence-electron chi connectivity index (χ3n) is 4.09. The number of rotatable bonds is 8. The molecule has 3 aromatic carbocycles. The van der Waals surface area contributed by atoms with Crippen LogP contribution in [0.3, 0.4) is 0 Å². The Bertz CT molecular complexity index is 823. The first-order valence-corrected chi connectivity index (χ1v) is 9.36. The second kappa shape index (κ2) is 11.2. The normalized spacial score (nSPS) is 10.3. The van der Waals surface area contributed by atoms with Gasteiger partial charge in [0.05, 0.1) is 0 Å². The van der Waals surface area contributed by atoms with Gasteiger partial charge in [0.25, 0.3) is 0 Å². The van der Waals surface area contributed by atoms with Gasteiger partial charge in [-0.05, 0) is 53.9 Å². The van der Waals surface area contributed by atoms with E-state index in [0.29, 0.717) is 11.6 Å². The number of halogens is 3. The molecule has 0 saturated heterocycles. The Morgan fingerprint density at radius 3 is 2.26 bits per heavy atom. The molecule has 142 valence electrons. The molecule has 0 bridgehead atoms. The maximum atomic E-state index is 6.19. The van der Waals surface area contributed by atoms with E-state index >= 15 is 0 Å². The van der Waals surface area contributed by atoms with Gasteiger partial charge in [-0.15, -0.1) is 12.4 Å². The van der Waals surface area contributed by atoms with Crippen LogP contribution in [-0.4, -0.2) is 6.54 Å². The van der Waals surface area contributed by atoms with E-state index in [0.717, 1.165) is 35.8 Å². The van der Waals surface area contributed by atoms with Crippen molar-refractivity contribution in [3.05, 3.63) is 99.5 Å². The first-order chi connectivity index (χ1) is 12.7. The van der Waals surface area contributed by atoms with E-state index in [-0.39, 0.29) is 12.4 Å². The molecule has 0 aliphatic heterocycles. The largest absolute Gasteiger partial charge is 0.489 e. The molecular weight excluding hydrogens is 401 g/mol. The second-order valence-corrected chi connectivity index (χ2v) is 6.92. The number of nitrogens with one attached hydrogen (secondary N) is 1. The fraction of sp³-hybridized carbons (Fsp3) is 0.182. The first-order valence-electron chi connectivity index (χ1n) is 8.61. The summed E-state index contributed by atoms with van der Waals surface area (Å²) in [6.07, 6.45) is 0.869. The minimum atomic E-state index is 0. The van der Waals surface area contributed by atoms with Crippen LogP contribution in [0.2, 0.25) is 10.0 Å². The molecule has 0 spiro atoms. The Hall–Kier alpha value is -1.71. The van der Waals surface area contributed by atoms with E-state index < -0.39 is 0 Å². The lowest BCUT2D eigenvalue weighted by atomic mass is 10.1. The topological polar surface area (TPSA) is 21.3 Å². The van der Waals surface area contributed by atoms with Gasteiger partial charge in [0.1, 0.15) is 12.4 Å². The van der Waals surface area contributed by atoms with E-state index in [4.69, 9.17) is 27.9 Å². The van der Waals surface area contributed by atoms with Crippen molar-refractivity contribution in [3.63, 3.8) is 0 Å². The van der Waals surface area contributed by atoms with Gasteiger partial charge in [0, 0.05) is 16.6 Å². The molecule has 0 atom stereocenters. The highest BCUT2D eigenvalue weighted by Gasteiger charge is 2.01. The van der Waals surface area contributed by atoms with Crippen molar-refractivity contribution in [3.8, 4) is 5.75 Å². The van der Waals surface area contributed by atoms with Crippen molar-refractivity contribution >= 4 is 35.6 Å². The Balaban J connectivity index is 0.00000261. The Morgan fingerprint density at radius 1 is 0.815 bits per heavy atom. The average Bonchev–Trinajstić information content (AvgIpc) is 2.67. The molecule has 0 saturated carbocycles. The minimum Gasteiger partial charge on any atom is -0.489 e. The Kier molecular flexibility index (Phi) is 8.96. The zero-order chi connectivity index (χ0) is 18.2. The van der Waals surface area contributed by atoms with E-state index in [1.807, 2.05) is 42.5 Å². The van der Waals surface area contributed by atoms with E-state index in [1.165, 1.54) is 11.1 Å². The Labute approximate surface area is 176 Å². The van der Waals surface area contributed by atoms with Gasteiger partial charge in [-0.25, -0.2) is 0 Å². The lowest BCUT2D eigenvalue weighted by molar-refractivity contribution is 0.306. The van der Waals surface area contributed by atoms with Crippen LogP contribution < -0.4 is 10.1 Å². The molecule has 0 radical (unpaired) electrons. The van der Waals surface area contributed by atoms with Gasteiger partial charge in [0.2, 0.25) is 0 Å². The van der Waals surface area contributed by atoms with Crippen LogP contribution >= 0.6 is 35.6 Å². The molecule has 3 rings (SSSR count). The van der Waals surface area contributed by atoms with Gasteiger partial charge in [-0.2, -0.15) is 0 Å².